The fourth-order valence-corrected chi connectivity index (χ4v) is 4.49. The van der Waals surface area contributed by atoms with Crippen LogP contribution in [0.4, 0.5) is 10.5 Å². The third-order valence-electron chi connectivity index (χ3n) is 5.90. The normalized spacial score (nSPS) is 22.0. The number of carbonyl (C=O) groups excluding carboxylic acids is 1. The van der Waals surface area contributed by atoms with Crippen molar-refractivity contribution < 1.29 is 14.3 Å². The first-order valence-corrected chi connectivity index (χ1v) is 9.85. The number of para-hydroxylation sites is 1. The molecule has 1 spiro atoms. The average molecular weight is 364 g/mol. The van der Waals surface area contributed by atoms with Crippen molar-refractivity contribution in [1.82, 2.24) is 5.32 Å². The Morgan fingerprint density at radius 3 is 2.89 bits per heavy atom. The second-order valence-corrected chi connectivity index (χ2v) is 7.55. The first-order valence-electron chi connectivity index (χ1n) is 9.85. The predicted molar refractivity (Wildman–Crippen MR) is 104 cm³/mol. The molecule has 2 aromatic carbocycles. The highest BCUT2D eigenvalue weighted by molar-refractivity contribution is 5.97. The van der Waals surface area contributed by atoms with Crippen molar-refractivity contribution in [3.63, 3.8) is 0 Å². The largest absolute Gasteiger partial charge is 0.493 e. The minimum absolute atomic E-state index is 0.0435. The predicted octanol–water partition coefficient (Wildman–Crippen LogP) is 3.98. The summed E-state index contributed by atoms with van der Waals surface area (Å²) in [6, 6.07) is 12.3. The van der Waals surface area contributed by atoms with Crippen LogP contribution in [0, 0.1) is 0 Å². The van der Waals surface area contributed by atoms with Gasteiger partial charge in [0.2, 0.25) is 0 Å². The van der Waals surface area contributed by atoms with Gasteiger partial charge in [-0.25, -0.2) is 4.79 Å². The Balaban J connectivity index is 1.61. The van der Waals surface area contributed by atoms with E-state index in [1.54, 1.807) is 0 Å². The third kappa shape index (κ3) is 2.41. The molecular formula is C22H24N2O3. The van der Waals surface area contributed by atoms with Crippen molar-refractivity contribution >= 4 is 11.7 Å². The van der Waals surface area contributed by atoms with E-state index in [2.05, 4.69) is 30.4 Å². The van der Waals surface area contributed by atoms with Gasteiger partial charge in [0, 0.05) is 30.2 Å². The average Bonchev–Trinajstić information content (AvgIpc) is 3.28. The summed E-state index contributed by atoms with van der Waals surface area (Å²) in [5, 5.41) is 3.29. The summed E-state index contributed by atoms with van der Waals surface area (Å²) < 4.78 is 11.7. The molecule has 1 unspecified atom stereocenters. The fourth-order valence-electron chi connectivity index (χ4n) is 4.49. The maximum atomic E-state index is 13.1. The van der Waals surface area contributed by atoms with Crippen LogP contribution in [0.5, 0.6) is 11.5 Å². The van der Waals surface area contributed by atoms with Crippen molar-refractivity contribution in [3.05, 3.63) is 53.1 Å². The molecule has 0 aromatic heterocycles. The van der Waals surface area contributed by atoms with Gasteiger partial charge >= 0.3 is 6.03 Å². The number of rotatable bonds is 4. The van der Waals surface area contributed by atoms with Crippen molar-refractivity contribution in [2.45, 2.75) is 38.1 Å². The fraction of sp³-hybridized carbons (Fsp3) is 0.409. The van der Waals surface area contributed by atoms with Crippen LogP contribution >= 0.6 is 0 Å². The van der Waals surface area contributed by atoms with E-state index in [9.17, 15) is 4.79 Å². The van der Waals surface area contributed by atoms with Gasteiger partial charge in [0.05, 0.1) is 12.3 Å². The van der Waals surface area contributed by atoms with Crippen molar-refractivity contribution in [2.24, 2.45) is 0 Å². The number of nitrogens with one attached hydrogen (secondary N) is 1. The van der Waals surface area contributed by atoms with Crippen molar-refractivity contribution in [3.8, 4) is 11.5 Å². The van der Waals surface area contributed by atoms with Crippen LogP contribution < -0.4 is 19.7 Å². The van der Waals surface area contributed by atoms with Crippen molar-refractivity contribution in [1.29, 1.82) is 0 Å². The highest BCUT2D eigenvalue weighted by Crippen LogP contribution is 2.49. The number of benzene rings is 2. The van der Waals surface area contributed by atoms with Crippen LogP contribution in [0.15, 0.2) is 36.4 Å². The topological polar surface area (TPSA) is 50.8 Å². The standard InChI is InChI=1S/C22H24N2O3/c1-2-3-6-10-24-18-8-5-4-7-16(18)22(23-21(24)25)14-27-20-13-19-15(9-11-26-19)12-17(20)22/h4-5,7-8,12-13H,2-3,6,9-11,14H2,1H3,(H,23,25). The van der Waals surface area contributed by atoms with Gasteiger partial charge < -0.3 is 14.8 Å². The molecule has 3 heterocycles. The van der Waals surface area contributed by atoms with Gasteiger partial charge in [0.15, 0.2) is 0 Å². The summed E-state index contributed by atoms with van der Waals surface area (Å²) >= 11 is 0. The molecule has 3 aliphatic heterocycles. The zero-order valence-corrected chi connectivity index (χ0v) is 15.6. The zero-order chi connectivity index (χ0) is 18.4. The molecule has 0 fully saturated rings. The quantitative estimate of drug-likeness (QED) is 0.835. The van der Waals surface area contributed by atoms with Gasteiger partial charge in [-0.05, 0) is 24.1 Å². The van der Waals surface area contributed by atoms with E-state index in [0.29, 0.717) is 13.2 Å². The van der Waals surface area contributed by atoms with Crippen LogP contribution in [0.2, 0.25) is 0 Å². The van der Waals surface area contributed by atoms with Gasteiger partial charge in [0.1, 0.15) is 23.6 Å². The van der Waals surface area contributed by atoms with E-state index in [1.165, 1.54) is 5.56 Å². The lowest BCUT2D eigenvalue weighted by atomic mass is 9.81. The molecule has 140 valence electrons. The summed E-state index contributed by atoms with van der Waals surface area (Å²) in [6.45, 7) is 4.03. The molecule has 1 atom stereocenters. The lowest BCUT2D eigenvalue weighted by Crippen LogP contribution is -2.58. The molecule has 0 aliphatic carbocycles. The summed E-state index contributed by atoms with van der Waals surface area (Å²) in [5.41, 5.74) is 3.71. The van der Waals surface area contributed by atoms with E-state index in [4.69, 9.17) is 9.47 Å². The second-order valence-electron chi connectivity index (χ2n) is 7.55. The van der Waals surface area contributed by atoms with E-state index >= 15 is 0 Å². The summed E-state index contributed by atoms with van der Waals surface area (Å²) in [7, 11) is 0. The number of hydrogen-bond acceptors (Lipinski definition) is 3. The van der Waals surface area contributed by atoms with E-state index in [0.717, 1.165) is 60.5 Å². The molecule has 0 bridgehead atoms. The Morgan fingerprint density at radius 1 is 1.11 bits per heavy atom. The Kier molecular flexibility index (Phi) is 3.78. The van der Waals surface area contributed by atoms with E-state index in [1.807, 2.05) is 23.1 Å². The first-order chi connectivity index (χ1) is 13.2. The molecule has 5 nitrogen and oxygen atoms in total. The van der Waals surface area contributed by atoms with Gasteiger partial charge in [0.25, 0.3) is 0 Å². The number of nitrogens with zero attached hydrogens (tertiary/aromatic N) is 1. The highest BCUT2D eigenvalue weighted by Gasteiger charge is 2.50. The summed E-state index contributed by atoms with van der Waals surface area (Å²) in [6.07, 6.45) is 4.16. The monoisotopic (exact) mass is 364 g/mol. The lowest BCUT2D eigenvalue weighted by Gasteiger charge is -2.41. The minimum Gasteiger partial charge on any atom is -0.493 e. The number of hydrogen-bond donors (Lipinski definition) is 1. The molecule has 0 saturated heterocycles. The first kappa shape index (κ1) is 16.5. The van der Waals surface area contributed by atoms with Crippen LogP contribution in [0.1, 0.15) is 42.9 Å². The van der Waals surface area contributed by atoms with Crippen LogP contribution in [0.3, 0.4) is 0 Å². The summed E-state index contributed by atoms with van der Waals surface area (Å²) in [5.74, 6) is 1.72. The third-order valence-corrected chi connectivity index (χ3v) is 5.90. The number of carbonyl (C=O) groups is 1. The van der Waals surface area contributed by atoms with Gasteiger partial charge in [-0.1, -0.05) is 38.0 Å². The van der Waals surface area contributed by atoms with Gasteiger partial charge in [-0.3, -0.25) is 4.90 Å². The molecule has 3 aliphatic rings. The Bertz CT molecular complexity index is 910. The van der Waals surface area contributed by atoms with Crippen LogP contribution in [0.25, 0.3) is 0 Å². The minimum atomic E-state index is -0.623. The van der Waals surface area contributed by atoms with E-state index in [-0.39, 0.29) is 6.03 Å². The maximum Gasteiger partial charge on any atom is 0.322 e. The van der Waals surface area contributed by atoms with Crippen LogP contribution in [-0.2, 0) is 12.0 Å². The van der Waals surface area contributed by atoms with E-state index < -0.39 is 5.54 Å². The molecule has 27 heavy (non-hydrogen) atoms. The summed E-state index contributed by atoms with van der Waals surface area (Å²) in [4.78, 5) is 15.0. The molecule has 0 radical (unpaired) electrons. The molecule has 5 heteroatoms. The number of amides is 2. The number of anilines is 1. The smallest absolute Gasteiger partial charge is 0.322 e. The molecular weight excluding hydrogens is 340 g/mol. The van der Waals surface area contributed by atoms with Gasteiger partial charge in [-0.15, -0.1) is 0 Å². The maximum absolute atomic E-state index is 13.1. The molecule has 2 aromatic rings. The molecule has 2 amide bonds. The van der Waals surface area contributed by atoms with Crippen molar-refractivity contribution in [2.75, 3.05) is 24.7 Å². The SMILES string of the molecule is CCCCCN1C(=O)NC2(COc3cc4c(cc32)CCO4)c2ccccc21. The Morgan fingerprint density at radius 2 is 2.00 bits per heavy atom. The number of fused-ring (bicyclic) bond motifs is 5. The number of urea groups is 1. The molecule has 5 rings (SSSR count). The second kappa shape index (κ2) is 6.19. The molecule has 1 N–H and O–H groups in total. The molecule has 0 saturated carbocycles. The van der Waals surface area contributed by atoms with Gasteiger partial charge in [-0.2, -0.15) is 0 Å². The Labute approximate surface area is 159 Å². The number of unbranched alkanes of at least 4 members (excludes halogenated alkanes) is 2. The zero-order valence-electron chi connectivity index (χ0n) is 15.6. The lowest BCUT2D eigenvalue weighted by molar-refractivity contribution is 0.217. The Hall–Kier alpha value is -2.69. The number of ether oxygens (including phenoxy) is 2. The highest BCUT2D eigenvalue weighted by atomic mass is 16.5. The van der Waals surface area contributed by atoms with Crippen LogP contribution in [-0.4, -0.2) is 25.8 Å².